The van der Waals surface area contributed by atoms with E-state index in [2.05, 4.69) is 16.0 Å². The number of ether oxygens (including phenoxy) is 1. The molecule has 21 heavy (non-hydrogen) atoms. The lowest BCUT2D eigenvalue weighted by atomic mass is 9.97. The molecule has 1 unspecified atom stereocenters. The fourth-order valence-electron chi connectivity index (χ4n) is 1.69. The highest BCUT2D eigenvalue weighted by molar-refractivity contribution is 5.86. The van der Waals surface area contributed by atoms with Crippen LogP contribution in [0.15, 0.2) is 0 Å². The number of hydrogen-bond donors (Lipinski definition) is 4. The topological polar surface area (TPSA) is 117 Å². The van der Waals surface area contributed by atoms with E-state index >= 15 is 0 Å². The molecule has 122 valence electrons. The molecule has 3 amide bonds. The highest BCUT2D eigenvalue weighted by atomic mass is 16.5. The minimum atomic E-state index is -1.31. The highest BCUT2D eigenvalue weighted by Gasteiger charge is 2.33. The second-order valence-electron chi connectivity index (χ2n) is 4.86. The van der Waals surface area contributed by atoms with Crippen LogP contribution >= 0.6 is 0 Å². The number of rotatable bonds is 10. The van der Waals surface area contributed by atoms with E-state index in [0.29, 0.717) is 26.0 Å². The van der Waals surface area contributed by atoms with Crippen LogP contribution in [0.2, 0.25) is 0 Å². The largest absolute Gasteiger partial charge is 0.480 e. The van der Waals surface area contributed by atoms with Crippen LogP contribution in [0.1, 0.15) is 33.1 Å². The number of carboxylic acids is 1. The van der Waals surface area contributed by atoms with Crippen molar-refractivity contribution in [2.24, 2.45) is 0 Å². The van der Waals surface area contributed by atoms with Crippen LogP contribution in [0.5, 0.6) is 0 Å². The quantitative estimate of drug-likeness (QED) is 0.426. The van der Waals surface area contributed by atoms with Crippen molar-refractivity contribution in [1.29, 1.82) is 0 Å². The Bertz CT molecular complexity index is 362. The van der Waals surface area contributed by atoms with Crippen molar-refractivity contribution in [3.8, 4) is 0 Å². The summed E-state index contributed by atoms with van der Waals surface area (Å²) in [5.74, 6) is -1.29. The van der Waals surface area contributed by atoms with E-state index in [9.17, 15) is 14.4 Å². The van der Waals surface area contributed by atoms with E-state index in [1.807, 2.05) is 6.92 Å². The van der Waals surface area contributed by atoms with E-state index in [-0.39, 0.29) is 18.9 Å². The first-order valence-corrected chi connectivity index (χ1v) is 6.90. The van der Waals surface area contributed by atoms with Crippen molar-refractivity contribution >= 4 is 17.9 Å². The number of hydrogen-bond acceptors (Lipinski definition) is 4. The van der Waals surface area contributed by atoms with Crippen LogP contribution < -0.4 is 16.0 Å². The van der Waals surface area contributed by atoms with Crippen molar-refractivity contribution in [3.63, 3.8) is 0 Å². The minimum Gasteiger partial charge on any atom is -0.480 e. The predicted molar refractivity (Wildman–Crippen MR) is 77.0 cm³/mol. The Kier molecular flexibility index (Phi) is 9.11. The smallest absolute Gasteiger partial charge is 0.329 e. The Hall–Kier alpha value is -1.83. The van der Waals surface area contributed by atoms with Gasteiger partial charge in [-0.05, 0) is 13.3 Å². The standard InChI is InChI=1S/C13H25N3O5/c1-4-6-13(2,11(18)19)16-12(20)15-7-5-10(17)14-8-9-21-3/h4-9H2,1-3H3,(H,14,17)(H,18,19)(H2,15,16,20). The van der Waals surface area contributed by atoms with E-state index < -0.39 is 17.5 Å². The maximum atomic E-state index is 11.6. The Balaban J connectivity index is 4.04. The van der Waals surface area contributed by atoms with Gasteiger partial charge in [0.15, 0.2) is 0 Å². The van der Waals surface area contributed by atoms with Crippen molar-refractivity contribution in [2.45, 2.75) is 38.6 Å². The van der Waals surface area contributed by atoms with Crippen LogP contribution in [0.3, 0.4) is 0 Å². The van der Waals surface area contributed by atoms with E-state index in [4.69, 9.17) is 9.84 Å². The monoisotopic (exact) mass is 303 g/mol. The number of carboxylic acid groups (broad SMARTS) is 1. The lowest BCUT2D eigenvalue weighted by Gasteiger charge is -2.25. The average Bonchev–Trinajstić information content (AvgIpc) is 2.39. The molecule has 0 saturated heterocycles. The van der Waals surface area contributed by atoms with Crippen LogP contribution in [0.25, 0.3) is 0 Å². The fraction of sp³-hybridized carbons (Fsp3) is 0.769. The molecule has 8 nitrogen and oxygen atoms in total. The number of urea groups is 1. The Morgan fingerprint density at radius 2 is 1.86 bits per heavy atom. The second kappa shape index (κ2) is 9.98. The van der Waals surface area contributed by atoms with Crippen LogP contribution in [-0.4, -0.2) is 55.4 Å². The summed E-state index contributed by atoms with van der Waals surface area (Å²) >= 11 is 0. The first kappa shape index (κ1) is 19.2. The lowest BCUT2D eigenvalue weighted by Crippen LogP contribution is -2.55. The fourth-order valence-corrected chi connectivity index (χ4v) is 1.69. The third-order valence-corrected chi connectivity index (χ3v) is 2.88. The van der Waals surface area contributed by atoms with Gasteiger partial charge in [0.25, 0.3) is 0 Å². The summed E-state index contributed by atoms with van der Waals surface area (Å²) in [6.07, 6.45) is 1.08. The Labute approximate surface area is 124 Å². The molecule has 0 aromatic heterocycles. The molecule has 0 radical (unpaired) electrons. The summed E-state index contributed by atoms with van der Waals surface area (Å²) in [4.78, 5) is 34.2. The summed E-state index contributed by atoms with van der Waals surface area (Å²) in [5.41, 5.74) is -1.31. The van der Waals surface area contributed by atoms with Gasteiger partial charge in [-0.2, -0.15) is 0 Å². The molecule has 8 heteroatoms. The summed E-state index contributed by atoms with van der Waals surface area (Å²) < 4.78 is 4.79. The van der Waals surface area contributed by atoms with Gasteiger partial charge in [-0.3, -0.25) is 4.79 Å². The van der Waals surface area contributed by atoms with Gasteiger partial charge in [0, 0.05) is 26.6 Å². The molecule has 4 N–H and O–H groups in total. The minimum absolute atomic E-state index is 0.120. The molecule has 0 heterocycles. The zero-order valence-electron chi connectivity index (χ0n) is 12.8. The molecule has 0 fully saturated rings. The maximum absolute atomic E-state index is 11.6. The normalized spacial score (nSPS) is 13.1. The number of aliphatic carboxylic acids is 1. The van der Waals surface area contributed by atoms with E-state index in [1.165, 1.54) is 14.0 Å². The highest BCUT2D eigenvalue weighted by Crippen LogP contribution is 2.12. The molecular weight excluding hydrogens is 278 g/mol. The zero-order chi connectivity index (χ0) is 16.3. The Morgan fingerprint density at radius 3 is 2.38 bits per heavy atom. The van der Waals surface area contributed by atoms with Gasteiger partial charge in [-0.15, -0.1) is 0 Å². The molecule has 0 aliphatic rings. The molecular formula is C13H25N3O5. The van der Waals surface area contributed by atoms with Crippen molar-refractivity contribution in [1.82, 2.24) is 16.0 Å². The predicted octanol–water partition coefficient (Wildman–Crippen LogP) is 0.0817. The van der Waals surface area contributed by atoms with Gasteiger partial charge in [0.2, 0.25) is 5.91 Å². The van der Waals surface area contributed by atoms with Crippen molar-refractivity contribution < 1.29 is 24.2 Å². The molecule has 0 aliphatic carbocycles. The lowest BCUT2D eigenvalue weighted by molar-refractivity contribution is -0.144. The summed E-state index contributed by atoms with van der Waals surface area (Å²) in [5, 5.41) is 16.6. The summed E-state index contributed by atoms with van der Waals surface area (Å²) in [7, 11) is 1.54. The molecule has 0 spiro atoms. The summed E-state index contributed by atoms with van der Waals surface area (Å²) in [6.45, 7) is 4.26. The van der Waals surface area contributed by atoms with Crippen LogP contribution in [0.4, 0.5) is 4.79 Å². The molecule has 0 aromatic rings. The van der Waals surface area contributed by atoms with Crippen molar-refractivity contribution in [3.05, 3.63) is 0 Å². The molecule has 0 saturated carbocycles. The third-order valence-electron chi connectivity index (χ3n) is 2.88. The molecule has 0 aromatic carbocycles. The number of amides is 3. The second-order valence-corrected chi connectivity index (χ2v) is 4.86. The van der Waals surface area contributed by atoms with Gasteiger partial charge in [0.1, 0.15) is 5.54 Å². The van der Waals surface area contributed by atoms with Crippen LogP contribution in [-0.2, 0) is 14.3 Å². The van der Waals surface area contributed by atoms with Crippen molar-refractivity contribution in [2.75, 3.05) is 26.8 Å². The number of methoxy groups -OCH3 is 1. The average molecular weight is 303 g/mol. The number of carbonyl (C=O) groups is 3. The molecule has 0 rings (SSSR count). The van der Waals surface area contributed by atoms with Gasteiger partial charge >= 0.3 is 12.0 Å². The zero-order valence-corrected chi connectivity index (χ0v) is 12.8. The van der Waals surface area contributed by atoms with Gasteiger partial charge in [0.05, 0.1) is 6.61 Å². The first-order chi connectivity index (χ1) is 9.85. The number of nitrogens with one attached hydrogen (secondary N) is 3. The van der Waals surface area contributed by atoms with E-state index in [1.54, 1.807) is 0 Å². The maximum Gasteiger partial charge on any atom is 0.329 e. The van der Waals surface area contributed by atoms with Gasteiger partial charge in [-0.25, -0.2) is 9.59 Å². The van der Waals surface area contributed by atoms with Gasteiger partial charge < -0.3 is 25.8 Å². The molecule has 1 atom stereocenters. The summed E-state index contributed by atoms with van der Waals surface area (Å²) in [6, 6.07) is -0.599. The molecule has 0 aliphatic heterocycles. The SMILES string of the molecule is CCCC(C)(NC(=O)NCCC(=O)NCCOC)C(=O)O. The van der Waals surface area contributed by atoms with Crippen LogP contribution in [0, 0.1) is 0 Å². The van der Waals surface area contributed by atoms with E-state index in [0.717, 1.165) is 0 Å². The van der Waals surface area contributed by atoms with Gasteiger partial charge in [-0.1, -0.05) is 13.3 Å². The number of carbonyl (C=O) groups excluding carboxylic acids is 2. The molecule has 0 bridgehead atoms. The third kappa shape index (κ3) is 8.13. The Morgan fingerprint density at radius 1 is 1.19 bits per heavy atom. The first-order valence-electron chi connectivity index (χ1n) is 6.90.